The van der Waals surface area contributed by atoms with E-state index in [0.29, 0.717) is 5.41 Å². The summed E-state index contributed by atoms with van der Waals surface area (Å²) in [6, 6.07) is 8.75. The average molecular weight is 261 g/mol. The third-order valence-corrected chi connectivity index (χ3v) is 4.45. The van der Waals surface area contributed by atoms with Gasteiger partial charge in [-0.25, -0.2) is 0 Å². The van der Waals surface area contributed by atoms with Crippen LogP contribution in [0.2, 0.25) is 0 Å². The van der Waals surface area contributed by atoms with Gasteiger partial charge >= 0.3 is 0 Å². The molecule has 1 unspecified atom stereocenters. The fourth-order valence-corrected chi connectivity index (χ4v) is 3.33. The molecule has 1 aliphatic heterocycles. The van der Waals surface area contributed by atoms with Crippen LogP contribution in [0.15, 0.2) is 24.3 Å². The molecule has 1 atom stereocenters. The second-order valence-corrected chi connectivity index (χ2v) is 5.79. The molecule has 1 aromatic carbocycles. The zero-order valence-electron chi connectivity index (χ0n) is 12.6. The first kappa shape index (κ1) is 14.4. The lowest BCUT2D eigenvalue weighted by Crippen LogP contribution is -2.37. The van der Waals surface area contributed by atoms with E-state index in [9.17, 15) is 0 Å². The summed E-state index contributed by atoms with van der Waals surface area (Å²) in [6.07, 6.45) is 5.15. The van der Waals surface area contributed by atoms with Crippen LogP contribution in [0.3, 0.4) is 0 Å². The number of likely N-dealkylation sites (tertiary alicyclic amines) is 1. The van der Waals surface area contributed by atoms with E-state index in [0.717, 1.165) is 12.4 Å². The van der Waals surface area contributed by atoms with Gasteiger partial charge in [-0.3, -0.25) is 0 Å². The van der Waals surface area contributed by atoms with Crippen LogP contribution in [-0.4, -0.2) is 31.6 Å². The fourth-order valence-electron chi connectivity index (χ4n) is 3.33. The molecular weight excluding hydrogens is 234 g/mol. The van der Waals surface area contributed by atoms with Crippen LogP contribution < -0.4 is 4.74 Å². The van der Waals surface area contributed by atoms with Crippen molar-refractivity contribution >= 4 is 0 Å². The first-order valence-electron chi connectivity index (χ1n) is 7.62. The van der Waals surface area contributed by atoms with Crippen LogP contribution in [0, 0.1) is 0 Å². The molecule has 2 nitrogen and oxygen atoms in total. The summed E-state index contributed by atoms with van der Waals surface area (Å²) in [6.45, 7) is 7.50. The van der Waals surface area contributed by atoms with Crippen molar-refractivity contribution in [3.63, 3.8) is 0 Å². The van der Waals surface area contributed by atoms with E-state index in [-0.39, 0.29) is 0 Å². The van der Waals surface area contributed by atoms with Gasteiger partial charge in [0.15, 0.2) is 0 Å². The Morgan fingerprint density at radius 3 is 2.84 bits per heavy atom. The van der Waals surface area contributed by atoms with Gasteiger partial charge in [-0.1, -0.05) is 25.5 Å². The molecule has 1 fully saturated rings. The molecule has 0 spiro atoms. The zero-order valence-corrected chi connectivity index (χ0v) is 12.6. The lowest BCUT2D eigenvalue weighted by Gasteiger charge is -2.35. The van der Waals surface area contributed by atoms with Crippen molar-refractivity contribution in [3.05, 3.63) is 29.8 Å². The molecule has 1 aromatic rings. The van der Waals surface area contributed by atoms with Gasteiger partial charge in [-0.15, -0.1) is 0 Å². The summed E-state index contributed by atoms with van der Waals surface area (Å²) < 4.78 is 5.67. The smallest absolute Gasteiger partial charge is 0.119 e. The molecule has 2 rings (SSSR count). The molecule has 1 aliphatic rings. The van der Waals surface area contributed by atoms with Crippen LogP contribution >= 0.6 is 0 Å². The van der Waals surface area contributed by atoms with Crippen LogP contribution in [0.25, 0.3) is 0 Å². The third-order valence-electron chi connectivity index (χ3n) is 4.45. The molecule has 0 amide bonds. The molecule has 2 heteroatoms. The Labute approximate surface area is 117 Å². The first-order valence-corrected chi connectivity index (χ1v) is 7.62. The van der Waals surface area contributed by atoms with Crippen molar-refractivity contribution in [1.29, 1.82) is 0 Å². The van der Waals surface area contributed by atoms with Crippen molar-refractivity contribution in [3.8, 4) is 5.75 Å². The molecule has 106 valence electrons. The second-order valence-electron chi connectivity index (χ2n) is 5.79. The molecule has 0 radical (unpaired) electrons. The van der Waals surface area contributed by atoms with E-state index in [1.165, 1.54) is 44.3 Å². The largest absolute Gasteiger partial charge is 0.494 e. The highest BCUT2D eigenvalue weighted by Gasteiger charge is 2.33. The maximum Gasteiger partial charge on any atom is 0.119 e. The molecule has 1 heterocycles. The van der Waals surface area contributed by atoms with Gasteiger partial charge in [-0.05, 0) is 57.5 Å². The van der Waals surface area contributed by atoms with Crippen molar-refractivity contribution in [2.24, 2.45) is 0 Å². The summed E-state index contributed by atoms with van der Waals surface area (Å²) in [5.74, 6) is 1.01. The minimum Gasteiger partial charge on any atom is -0.494 e. The van der Waals surface area contributed by atoms with Crippen LogP contribution in [0.1, 0.15) is 45.1 Å². The normalized spacial score (nSPS) is 25.0. The predicted octanol–water partition coefficient (Wildman–Crippen LogP) is 3.85. The van der Waals surface area contributed by atoms with E-state index < -0.39 is 0 Å². The predicted molar refractivity (Wildman–Crippen MR) is 80.9 cm³/mol. The molecule has 0 bridgehead atoms. The quantitative estimate of drug-likeness (QED) is 0.816. The number of ether oxygens (including phenoxy) is 1. The number of nitrogens with zero attached hydrogens (tertiary/aromatic N) is 1. The lowest BCUT2D eigenvalue weighted by molar-refractivity contribution is 0.255. The monoisotopic (exact) mass is 261 g/mol. The SMILES string of the molecule is CCOc1cccc(C2(CC)CCCCN(C)C2)c1. The molecule has 0 N–H and O–H groups in total. The zero-order chi connectivity index (χ0) is 13.7. The number of likely N-dealkylation sites (N-methyl/N-ethyl adjacent to an activating group) is 1. The van der Waals surface area contributed by atoms with Gasteiger partial charge in [0.25, 0.3) is 0 Å². The summed E-state index contributed by atoms with van der Waals surface area (Å²) >= 11 is 0. The van der Waals surface area contributed by atoms with Crippen molar-refractivity contribution < 1.29 is 4.74 Å². The maximum absolute atomic E-state index is 5.67. The Morgan fingerprint density at radius 2 is 2.11 bits per heavy atom. The molecular formula is C17H27NO. The van der Waals surface area contributed by atoms with E-state index in [1.807, 2.05) is 6.92 Å². The summed E-state index contributed by atoms with van der Waals surface area (Å²) in [5.41, 5.74) is 1.76. The highest BCUT2D eigenvalue weighted by Crippen LogP contribution is 2.37. The minimum absolute atomic E-state index is 0.304. The van der Waals surface area contributed by atoms with Crippen LogP contribution in [-0.2, 0) is 5.41 Å². The Kier molecular flexibility index (Phi) is 4.87. The second kappa shape index (κ2) is 6.42. The highest BCUT2D eigenvalue weighted by molar-refractivity contribution is 5.34. The number of rotatable bonds is 4. The van der Waals surface area contributed by atoms with E-state index in [1.54, 1.807) is 0 Å². The Morgan fingerprint density at radius 1 is 1.26 bits per heavy atom. The van der Waals surface area contributed by atoms with Gasteiger partial charge in [0.05, 0.1) is 6.61 Å². The highest BCUT2D eigenvalue weighted by atomic mass is 16.5. The number of hydrogen-bond acceptors (Lipinski definition) is 2. The van der Waals surface area contributed by atoms with E-state index in [4.69, 9.17) is 4.74 Å². The molecule has 0 saturated carbocycles. The average Bonchev–Trinajstić information content (AvgIpc) is 2.62. The van der Waals surface area contributed by atoms with Crippen LogP contribution in [0.5, 0.6) is 5.75 Å². The topological polar surface area (TPSA) is 12.5 Å². The molecule has 0 aromatic heterocycles. The maximum atomic E-state index is 5.67. The fraction of sp³-hybridized carbons (Fsp3) is 0.647. The van der Waals surface area contributed by atoms with Crippen LogP contribution in [0.4, 0.5) is 0 Å². The van der Waals surface area contributed by atoms with Crippen molar-refractivity contribution in [2.45, 2.75) is 44.9 Å². The van der Waals surface area contributed by atoms with Crippen molar-refractivity contribution in [2.75, 3.05) is 26.7 Å². The molecule has 1 saturated heterocycles. The number of benzene rings is 1. The number of hydrogen-bond donors (Lipinski definition) is 0. The van der Waals surface area contributed by atoms with Gasteiger partial charge in [0.1, 0.15) is 5.75 Å². The summed E-state index contributed by atoms with van der Waals surface area (Å²) in [5, 5.41) is 0. The molecule has 0 aliphatic carbocycles. The van der Waals surface area contributed by atoms with E-state index >= 15 is 0 Å². The van der Waals surface area contributed by atoms with Gasteiger partial charge in [0.2, 0.25) is 0 Å². The Balaban J connectivity index is 2.30. The summed E-state index contributed by atoms with van der Waals surface area (Å²) in [7, 11) is 2.25. The first-order chi connectivity index (χ1) is 9.20. The summed E-state index contributed by atoms with van der Waals surface area (Å²) in [4.78, 5) is 2.49. The van der Waals surface area contributed by atoms with Crippen molar-refractivity contribution in [1.82, 2.24) is 4.90 Å². The van der Waals surface area contributed by atoms with Gasteiger partial charge in [0, 0.05) is 12.0 Å². The van der Waals surface area contributed by atoms with Gasteiger partial charge < -0.3 is 9.64 Å². The Hall–Kier alpha value is -1.02. The lowest BCUT2D eigenvalue weighted by atomic mass is 9.74. The minimum atomic E-state index is 0.304. The third kappa shape index (κ3) is 3.30. The molecule has 19 heavy (non-hydrogen) atoms. The Bertz CT molecular complexity index is 404. The van der Waals surface area contributed by atoms with Gasteiger partial charge in [-0.2, -0.15) is 0 Å². The van der Waals surface area contributed by atoms with E-state index in [2.05, 4.69) is 43.1 Å². The standard InChI is InChI=1S/C17H27NO/c1-4-17(11-6-7-12-18(3)14-17)15-9-8-10-16(13-15)19-5-2/h8-10,13H,4-7,11-12,14H2,1-3H3.